The fraction of sp³-hybridized carbons (Fsp3) is 0.500. The van der Waals surface area contributed by atoms with Gasteiger partial charge in [0.25, 0.3) is 0 Å². The summed E-state index contributed by atoms with van der Waals surface area (Å²) in [4.78, 5) is 22.2. The number of anilines is 1. The maximum atomic E-state index is 12.1. The van der Waals surface area contributed by atoms with Crippen LogP contribution in [0.3, 0.4) is 0 Å². The van der Waals surface area contributed by atoms with Gasteiger partial charge in [0.1, 0.15) is 5.82 Å². The summed E-state index contributed by atoms with van der Waals surface area (Å²) in [7, 11) is 1.73. The molecule has 2 heterocycles. The monoisotopic (exact) mass is 312 g/mol. The molecule has 23 heavy (non-hydrogen) atoms. The van der Waals surface area contributed by atoms with Crippen LogP contribution in [0.15, 0.2) is 18.3 Å². The van der Waals surface area contributed by atoms with Crippen molar-refractivity contribution in [2.45, 2.75) is 6.42 Å². The van der Waals surface area contributed by atoms with E-state index in [1.165, 1.54) is 0 Å². The van der Waals surface area contributed by atoms with Gasteiger partial charge in [0.15, 0.2) is 0 Å². The van der Waals surface area contributed by atoms with Crippen molar-refractivity contribution < 1.29 is 4.79 Å². The molecule has 1 aromatic heterocycles. The molecule has 1 aliphatic rings. The Morgan fingerprint density at radius 2 is 2.09 bits per heavy atom. The molecular weight excluding hydrogens is 292 g/mol. The second-order valence-corrected chi connectivity index (χ2v) is 5.50. The zero-order chi connectivity index (χ0) is 16.7. The Balaban J connectivity index is 1.83. The van der Waals surface area contributed by atoms with Gasteiger partial charge in [-0.3, -0.25) is 9.69 Å². The molecular formula is C16H20N6O. The first-order valence-corrected chi connectivity index (χ1v) is 7.58. The summed E-state index contributed by atoms with van der Waals surface area (Å²) >= 11 is 0. The first-order chi connectivity index (χ1) is 11.1. The number of hydrogen-bond acceptors (Lipinski definition) is 6. The fourth-order valence-electron chi connectivity index (χ4n) is 2.45. The third kappa shape index (κ3) is 4.67. The first kappa shape index (κ1) is 16.7. The highest BCUT2D eigenvalue weighted by Gasteiger charge is 2.21. The summed E-state index contributed by atoms with van der Waals surface area (Å²) < 4.78 is 0. The normalized spacial score (nSPS) is 14.8. The van der Waals surface area contributed by atoms with Gasteiger partial charge in [-0.15, -0.1) is 0 Å². The third-order valence-electron chi connectivity index (χ3n) is 3.91. The Labute approximate surface area is 136 Å². The fourth-order valence-corrected chi connectivity index (χ4v) is 2.45. The van der Waals surface area contributed by atoms with E-state index in [0.717, 1.165) is 32.0 Å². The van der Waals surface area contributed by atoms with Crippen LogP contribution >= 0.6 is 0 Å². The SMILES string of the molecule is CN(CCC#N)C(=O)CN1CCN(c2cc(C#N)ccn2)CC1. The highest BCUT2D eigenvalue weighted by Crippen LogP contribution is 2.14. The van der Waals surface area contributed by atoms with Crippen LogP contribution in [0.2, 0.25) is 0 Å². The highest BCUT2D eigenvalue weighted by molar-refractivity contribution is 5.78. The van der Waals surface area contributed by atoms with Crippen LogP contribution in [0.25, 0.3) is 0 Å². The molecule has 0 spiro atoms. The van der Waals surface area contributed by atoms with Crippen molar-refractivity contribution in [2.75, 3.05) is 51.2 Å². The van der Waals surface area contributed by atoms with E-state index in [2.05, 4.69) is 20.9 Å². The number of aromatic nitrogens is 1. The van der Waals surface area contributed by atoms with E-state index >= 15 is 0 Å². The van der Waals surface area contributed by atoms with Crippen molar-refractivity contribution in [3.8, 4) is 12.1 Å². The second-order valence-electron chi connectivity index (χ2n) is 5.50. The van der Waals surface area contributed by atoms with Crippen LogP contribution in [0.4, 0.5) is 5.82 Å². The van der Waals surface area contributed by atoms with Crippen LogP contribution in [0.5, 0.6) is 0 Å². The van der Waals surface area contributed by atoms with Crippen molar-refractivity contribution in [1.82, 2.24) is 14.8 Å². The predicted octanol–water partition coefficient (Wildman–Crippen LogP) is 0.447. The number of amides is 1. The average Bonchev–Trinajstić information content (AvgIpc) is 2.60. The standard InChI is InChI=1S/C16H20N6O/c1-20(6-2-4-17)16(23)13-21-7-9-22(10-8-21)15-11-14(12-18)3-5-19-15/h3,5,11H,2,6-10,13H2,1H3. The molecule has 0 aliphatic carbocycles. The Morgan fingerprint density at radius 1 is 1.35 bits per heavy atom. The van der Waals surface area contributed by atoms with Crippen LogP contribution in [-0.4, -0.2) is 67.0 Å². The van der Waals surface area contributed by atoms with Crippen LogP contribution in [-0.2, 0) is 4.79 Å². The van der Waals surface area contributed by atoms with Crippen LogP contribution < -0.4 is 4.90 Å². The minimum atomic E-state index is 0.0401. The minimum absolute atomic E-state index is 0.0401. The Bertz CT molecular complexity index is 624. The summed E-state index contributed by atoms with van der Waals surface area (Å²) in [6, 6.07) is 7.64. The van der Waals surface area contributed by atoms with Crippen molar-refractivity contribution in [1.29, 1.82) is 10.5 Å². The zero-order valence-corrected chi connectivity index (χ0v) is 13.3. The quantitative estimate of drug-likeness (QED) is 0.784. The summed E-state index contributed by atoms with van der Waals surface area (Å²) in [5, 5.41) is 17.5. The molecule has 1 fully saturated rings. The number of hydrogen-bond donors (Lipinski definition) is 0. The lowest BCUT2D eigenvalue weighted by Crippen LogP contribution is -2.50. The molecule has 0 aromatic carbocycles. The van der Waals surface area contributed by atoms with Crippen molar-refractivity contribution in [2.24, 2.45) is 0 Å². The number of piperazine rings is 1. The van der Waals surface area contributed by atoms with Gasteiger partial charge in [0.2, 0.25) is 5.91 Å². The van der Waals surface area contributed by atoms with Crippen molar-refractivity contribution in [3.63, 3.8) is 0 Å². The van der Waals surface area contributed by atoms with Crippen molar-refractivity contribution >= 4 is 11.7 Å². The molecule has 7 heteroatoms. The molecule has 0 unspecified atom stereocenters. The van der Waals surface area contributed by atoms with E-state index in [9.17, 15) is 4.79 Å². The van der Waals surface area contributed by atoms with E-state index in [4.69, 9.17) is 10.5 Å². The summed E-state index contributed by atoms with van der Waals surface area (Å²) in [6.45, 7) is 3.95. The lowest BCUT2D eigenvalue weighted by atomic mass is 10.2. The number of rotatable bonds is 5. The van der Waals surface area contributed by atoms with Gasteiger partial charge in [-0.2, -0.15) is 10.5 Å². The first-order valence-electron chi connectivity index (χ1n) is 7.58. The topological polar surface area (TPSA) is 87.3 Å². The van der Waals surface area contributed by atoms with Gasteiger partial charge in [0.05, 0.1) is 30.7 Å². The number of pyridine rings is 1. The van der Waals surface area contributed by atoms with Crippen LogP contribution in [0.1, 0.15) is 12.0 Å². The number of nitriles is 2. The Hall–Kier alpha value is -2.64. The molecule has 0 saturated carbocycles. The number of carbonyl (C=O) groups excluding carboxylic acids is 1. The number of likely N-dealkylation sites (N-methyl/N-ethyl adjacent to an activating group) is 1. The Morgan fingerprint density at radius 3 is 2.74 bits per heavy atom. The third-order valence-corrected chi connectivity index (χ3v) is 3.91. The van der Waals surface area contributed by atoms with Gasteiger partial charge in [-0.05, 0) is 12.1 Å². The lowest BCUT2D eigenvalue weighted by molar-refractivity contribution is -0.131. The molecule has 7 nitrogen and oxygen atoms in total. The zero-order valence-electron chi connectivity index (χ0n) is 13.3. The maximum absolute atomic E-state index is 12.1. The molecule has 120 valence electrons. The molecule has 1 aromatic rings. The molecule has 1 amide bonds. The van der Waals surface area contributed by atoms with Gasteiger partial charge in [-0.25, -0.2) is 4.98 Å². The van der Waals surface area contributed by atoms with E-state index in [1.54, 1.807) is 30.3 Å². The summed E-state index contributed by atoms with van der Waals surface area (Å²) in [5.74, 6) is 0.847. The van der Waals surface area contributed by atoms with E-state index in [1.807, 2.05) is 6.07 Å². The summed E-state index contributed by atoms with van der Waals surface area (Å²) in [6.07, 6.45) is 2.00. The van der Waals surface area contributed by atoms with Gasteiger partial charge in [-0.1, -0.05) is 0 Å². The smallest absolute Gasteiger partial charge is 0.236 e. The number of nitrogens with zero attached hydrogens (tertiary/aromatic N) is 6. The van der Waals surface area contributed by atoms with Gasteiger partial charge >= 0.3 is 0 Å². The molecule has 0 N–H and O–H groups in total. The van der Waals surface area contributed by atoms with Gasteiger partial charge < -0.3 is 9.80 Å². The number of carbonyl (C=O) groups is 1. The van der Waals surface area contributed by atoms with Crippen molar-refractivity contribution in [3.05, 3.63) is 23.9 Å². The molecule has 0 bridgehead atoms. The Kier molecular flexibility index (Phi) is 5.90. The second kappa shape index (κ2) is 8.11. The highest BCUT2D eigenvalue weighted by atomic mass is 16.2. The predicted molar refractivity (Wildman–Crippen MR) is 85.5 cm³/mol. The minimum Gasteiger partial charge on any atom is -0.354 e. The average molecular weight is 312 g/mol. The molecule has 0 atom stereocenters. The van der Waals surface area contributed by atoms with E-state index in [0.29, 0.717) is 25.1 Å². The van der Waals surface area contributed by atoms with E-state index < -0.39 is 0 Å². The molecule has 1 aliphatic heterocycles. The van der Waals surface area contributed by atoms with E-state index in [-0.39, 0.29) is 5.91 Å². The lowest BCUT2D eigenvalue weighted by Gasteiger charge is -2.35. The molecule has 2 rings (SSSR count). The molecule has 0 radical (unpaired) electrons. The summed E-state index contributed by atoms with van der Waals surface area (Å²) in [5.41, 5.74) is 0.603. The molecule has 1 saturated heterocycles. The largest absolute Gasteiger partial charge is 0.354 e. The van der Waals surface area contributed by atoms with Gasteiger partial charge in [0, 0.05) is 46.0 Å². The maximum Gasteiger partial charge on any atom is 0.236 e. The van der Waals surface area contributed by atoms with Crippen LogP contribution in [0, 0.1) is 22.7 Å².